The van der Waals surface area contributed by atoms with Crippen molar-refractivity contribution in [1.82, 2.24) is 19.7 Å². The van der Waals surface area contributed by atoms with Gasteiger partial charge in [0.05, 0.1) is 11.6 Å². The standard InChI is InChI=1S/C16H18FN5O/c17-13-6-2-3-7-14(13)22-16-12(10-21-22)15(19-11-20-16)18-8-4-1-5-9-23/h2-3,6-7,10-11,23H,1,4-5,8-9H2,(H,18,19,20). The van der Waals surface area contributed by atoms with Crippen molar-refractivity contribution in [2.75, 3.05) is 18.5 Å². The first-order valence-corrected chi connectivity index (χ1v) is 7.59. The summed E-state index contributed by atoms with van der Waals surface area (Å²) < 4.78 is 15.4. The Morgan fingerprint density at radius 1 is 1.13 bits per heavy atom. The van der Waals surface area contributed by atoms with E-state index in [0.29, 0.717) is 17.2 Å². The second-order valence-electron chi connectivity index (χ2n) is 5.18. The molecular weight excluding hydrogens is 297 g/mol. The number of anilines is 1. The fourth-order valence-electron chi connectivity index (χ4n) is 2.41. The van der Waals surface area contributed by atoms with Gasteiger partial charge in [-0.2, -0.15) is 5.10 Å². The molecule has 0 aliphatic heterocycles. The summed E-state index contributed by atoms with van der Waals surface area (Å²) in [5.41, 5.74) is 0.915. The minimum Gasteiger partial charge on any atom is -0.396 e. The van der Waals surface area contributed by atoms with E-state index in [2.05, 4.69) is 20.4 Å². The maximum absolute atomic E-state index is 14.0. The zero-order valence-electron chi connectivity index (χ0n) is 12.6. The number of hydrogen-bond donors (Lipinski definition) is 2. The van der Waals surface area contributed by atoms with Crippen molar-refractivity contribution in [3.63, 3.8) is 0 Å². The quantitative estimate of drug-likeness (QED) is 0.655. The molecule has 0 radical (unpaired) electrons. The molecule has 0 aliphatic rings. The molecule has 2 aromatic heterocycles. The van der Waals surface area contributed by atoms with Gasteiger partial charge in [0.2, 0.25) is 0 Å². The molecule has 2 heterocycles. The largest absolute Gasteiger partial charge is 0.396 e. The molecule has 3 aromatic rings. The number of hydrogen-bond acceptors (Lipinski definition) is 5. The number of benzene rings is 1. The predicted octanol–water partition coefficient (Wildman–Crippen LogP) is 2.53. The van der Waals surface area contributed by atoms with Crippen molar-refractivity contribution in [2.45, 2.75) is 19.3 Å². The Morgan fingerprint density at radius 2 is 2.00 bits per heavy atom. The molecule has 0 atom stereocenters. The fraction of sp³-hybridized carbons (Fsp3) is 0.312. The van der Waals surface area contributed by atoms with Crippen LogP contribution < -0.4 is 5.32 Å². The smallest absolute Gasteiger partial charge is 0.168 e. The van der Waals surface area contributed by atoms with E-state index in [0.717, 1.165) is 31.2 Å². The van der Waals surface area contributed by atoms with Crippen LogP contribution in [0.4, 0.5) is 10.2 Å². The number of aliphatic hydroxyl groups is 1. The van der Waals surface area contributed by atoms with Crippen LogP contribution in [0.2, 0.25) is 0 Å². The van der Waals surface area contributed by atoms with Gasteiger partial charge in [0.25, 0.3) is 0 Å². The monoisotopic (exact) mass is 315 g/mol. The van der Waals surface area contributed by atoms with Crippen LogP contribution in [-0.2, 0) is 0 Å². The van der Waals surface area contributed by atoms with Gasteiger partial charge in [-0.1, -0.05) is 12.1 Å². The van der Waals surface area contributed by atoms with Crippen LogP contribution in [0.3, 0.4) is 0 Å². The van der Waals surface area contributed by atoms with Crippen LogP contribution >= 0.6 is 0 Å². The highest BCUT2D eigenvalue weighted by Crippen LogP contribution is 2.22. The zero-order valence-corrected chi connectivity index (χ0v) is 12.6. The Hall–Kier alpha value is -2.54. The van der Waals surface area contributed by atoms with E-state index in [1.165, 1.54) is 17.1 Å². The van der Waals surface area contributed by atoms with Crippen molar-refractivity contribution in [2.24, 2.45) is 0 Å². The maximum atomic E-state index is 14.0. The van der Waals surface area contributed by atoms with Crippen LogP contribution in [0.15, 0.2) is 36.8 Å². The van der Waals surface area contributed by atoms with E-state index in [1.54, 1.807) is 24.4 Å². The summed E-state index contributed by atoms with van der Waals surface area (Å²) in [5.74, 6) is 0.330. The molecule has 7 heteroatoms. The van der Waals surface area contributed by atoms with E-state index in [9.17, 15) is 4.39 Å². The van der Waals surface area contributed by atoms with Crippen LogP contribution in [0.25, 0.3) is 16.7 Å². The molecule has 2 N–H and O–H groups in total. The van der Waals surface area contributed by atoms with Gasteiger partial charge in [-0.3, -0.25) is 0 Å². The summed E-state index contributed by atoms with van der Waals surface area (Å²) in [6, 6.07) is 6.45. The zero-order chi connectivity index (χ0) is 16.1. The molecule has 0 unspecified atom stereocenters. The summed E-state index contributed by atoms with van der Waals surface area (Å²) in [6.45, 7) is 0.962. The summed E-state index contributed by atoms with van der Waals surface area (Å²) in [5, 5.41) is 17.0. The van der Waals surface area contributed by atoms with Gasteiger partial charge in [-0.25, -0.2) is 19.0 Å². The number of aromatic nitrogens is 4. The Labute approximate surface area is 133 Å². The molecule has 3 rings (SSSR count). The summed E-state index contributed by atoms with van der Waals surface area (Å²) in [6.07, 6.45) is 5.76. The van der Waals surface area contributed by atoms with E-state index >= 15 is 0 Å². The Kier molecular flexibility index (Phi) is 4.77. The molecule has 23 heavy (non-hydrogen) atoms. The summed E-state index contributed by atoms with van der Waals surface area (Å²) in [7, 11) is 0. The van der Waals surface area contributed by atoms with E-state index < -0.39 is 0 Å². The highest BCUT2D eigenvalue weighted by Gasteiger charge is 2.13. The van der Waals surface area contributed by atoms with Crippen molar-refractivity contribution >= 4 is 16.9 Å². The maximum Gasteiger partial charge on any atom is 0.168 e. The number of aliphatic hydroxyl groups excluding tert-OH is 1. The van der Waals surface area contributed by atoms with E-state index in [-0.39, 0.29) is 12.4 Å². The molecule has 0 bridgehead atoms. The predicted molar refractivity (Wildman–Crippen MR) is 86.0 cm³/mol. The number of halogens is 1. The first-order valence-electron chi connectivity index (χ1n) is 7.59. The third-order valence-corrected chi connectivity index (χ3v) is 3.57. The molecule has 6 nitrogen and oxygen atoms in total. The average molecular weight is 315 g/mol. The van der Waals surface area contributed by atoms with Crippen LogP contribution in [0.1, 0.15) is 19.3 Å². The Morgan fingerprint density at radius 3 is 2.83 bits per heavy atom. The van der Waals surface area contributed by atoms with Crippen LogP contribution in [0.5, 0.6) is 0 Å². The highest BCUT2D eigenvalue weighted by atomic mass is 19.1. The lowest BCUT2D eigenvalue weighted by atomic mass is 10.2. The number of nitrogens with zero attached hydrogens (tertiary/aromatic N) is 4. The topological polar surface area (TPSA) is 75.9 Å². The molecule has 0 amide bonds. The second kappa shape index (κ2) is 7.15. The van der Waals surface area contributed by atoms with Gasteiger partial charge in [0, 0.05) is 13.2 Å². The number of para-hydroxylation sites is 1. The third kappa shape index (κ3) is 3.29. The number of rotatable bonds is 7. The fourth-order valence-corrected chi connectivity index (χ4v) is 2.41. The lowest BCUT2D eigenvalue weighted by Crippen LogP contribution is -2.05. The van der Waals surface area contributed by atoms with Crippen molar-refractivity contribution in [3.8, 4) is 5.69 Å². The number of unbranched alkanes of at least 4 members (excludes halogenated alkanes) is 2. The number of nitrogens with one attached hydrogen (secondary N) is 1. The van der Waals surface area contributed by atoms with E-state index in [1.807, 2.05) is 0 Å². The summed E-state index contributed by atoms with van der Waals surface area (Å²) in [4.78, 5) is 8.46. The highest BCUT2D eigenvalue weighted by molar-refractivity contribution is 5.87. The van der Waals surface area contributed by atoms with Gasteiger partial charge in [0.15, 0.2) is 5.65 Å². The molecule has 1 aromatic carbocycles. The summed E-state index contributed by atoms with van der Waals surface area (Å²) >= 11 is 0. The SMILES string of the molecule is OCCCCCNc1ncnc2c1cnn2-c1ccccc1F. The molecule has 0 spiro atoms. The lowest BCUT2D eigenvalue weighted by molar-refractivity contribution is 0.283. The first-order chi connectivity index (χ1) is 11.3. The van der Waals surface area contributed by atoms with Crippen molar-refractivity contribution in [3.05, 3.63) is 42.6 Å². The second-order valence-corrected chi connectivity index (χ2v) is 5.18. The average Bonchev–Trinajstić information content (AvgIpc) is 3.00. The van der Waals surface area contributed by atoms with Crippen molar-refractivity contribution < 1.29 is 9.50 Å². The van der Waals surface area contributed by atoms with Gasteiger partial charge < -0.3 is 10.4 Å². The molecule has 0 fully saturated rings. The third-order valence-electron chi connectivity index (χ3n) is 3.57. The van der Waals surface area contributed by atoms with E-state index in [4.69, 9.17) is 5.11 Å². The normalized spacial score (nSPS) is 11.0. The minimum atomic E-state index is -0.352. The van der Waals surface area contributed by atoms with Gasteiger partial charge >= 0.3 is 0 Å². The van der Waals surface area contributed by atoms with Gasteiger partial charge in [-0.05, 0) is 31.4 Å². The van der Waals surface area contributed by atoms with Crippen LogP contribution in [-0.4, -0.2) is 38.0 Å². The molecule has 0 aliphatic carbocycles. The Bertz CT molecular complexity index is 789. The lowest BCUT2D eigenvalue weighted by Gasteiger charge is -2.07. The number of fused-ring (bicyclic) bond motifs is 1. The molecule has 0 saturated heterocycles. The Balaban J connectivity index is 1.85. The van der Waals surface area contributed by atoms with Crippen molar-refractivity contribution in [1.29, 1.82) is 0 Å². The molecule has 120 valence electrons. The van der Waals surface area contributed by atoms with Gasteiger partial charge in [-0.15, -0.1) is 0 Å². The molecular formula is C16H18FN5O. The van der Waals surface area contributed by atoms with Crippen LogP contribution in [0, 0.1) is 5.82 Å². The molecule has 0 saturated carbocycles. The first kappa shape index (κ1) is 15.4. The minimum absolute atomic E-state index is 0.215. The van der Waals surface area contributed by atoms with Gasteiger partial charge in [0.1, 0.15) is 23.6 Å².